The summed E-state index contributed by atoms with van der Waals surface area (Å²) >= 11 is 0. The Balaban J connectivity index is 1.05. The number of hydrogen-bond acceptors (Lipinski definition) is 1. The fourth-order valence-electron chi connectivity index (χ4n) is 13.4. The Labute approximate surface area is 431 Å². The number of anilines is 3. The van der Waals surface area contributed by atoms with Crippen LogP contribution in [-0.4, -0.2) is 4.57 Å². The summed E-state index contributed by atoms with van der Waals surface area (Å²) in [5.74, 6) is 0. The van der Waals surface area contributed by atoms with E-state index in [0.717, 1.165) is 28.3 Å². The van der Waals surface area contributed by atoms with Crippen molar-refractivity contribution < 1.29 is 0 Å². The first-order valence-electron chi connectivity index (χ1n) is 25.8. The normalized spacial score (nSPS) is 16.2. The molecule has 0 spiro atoms. The maximum atomic E-state index is 2.52. The predicted molar refractivity (Wildman–Crippen MR) is 308 cm³/mol. The second-order valence-electron chi connectivity index (χ2n) is 19.9. The number of hydrogen-bond donors (Lipinski definition) is 0. The van der Waals surface area contributed by atoms with E-state index in [4.69, 9.17) is 0 Å². The zero-order chi connectivity index (χ0) is 48.8. The van der Waals surface area contributed by atoms with Crippen LogP contribution in [0.5, 0.6) is 0 Å². The highest BCUT2D eigenvalue weighted by Crippen LogP contribution is 2.66. The van der Waals surface area contributed by atoms with Gasteiger partial charge in [0.25, 0.3) is 0 Å². The molecule has 0 saturated carbocycles. The monoisotopic (exact) mass is 940 g/mol. The molecule has 0 N–H and O–H groups in total. The topological polar surface area (TPSA) is 8.17 Å². The van der Waals surface area contributed by atoms with Gasteiger partial charge in [-0.25, -0.2) is 0 Å². The van der Waals surface area contributed by atoms with Gasteiger partial charge < -0.3 is 9.47 Å². The Hall–Kier alpha value is -9.50. The zero-order valence-electron chi connectivity index (χ0n) is 40.6. The summed E-state index contributed by atoms with van der Waals surface area (Å²) in [5.41, 5.74) is 20.6. The van der Waals surface area contributed by atoms with E-state index in [2.05, 4.69) is 301 Å². The fraction of sp³-hybridized carbons (Fsp3) is 0.0278. The molecule has 346 valence electrons. The average molecular weight is 941 g/mol. The number of nitrogens with zero attached hydrogens (tertiary/aromatic N) is 2. The summed E-state index contributed by atoms with van der Waals surface area (Å²) in [4.78, 5) is 2.52. The molecule has 1 heterocycles. The van der Waals surface area contributed by atoms with Crippen molar-refractivity contribution in [3.8, 4) is 27.9 Å². The fourth-order valence-corrected chi connectivity index (χ4v) is 13.4. The van der Waals surface area contributed by atoms with E-state index in [0.29, 0.717) is 0 Å². The summed E-state index contributed by atoms with van der Waals surface area (Å²) in [7, 11) is 0. The molecule has 2 aliphatic carbocycles. The predicted octanol–water partition coefficient (Wildman–Crippen LogP) is 18.1. The van der Waals surface area contributed by atoms with Crippen molar-refractivity contribution >= 4 is 49.6 Å². The lowest BCUT2D eigenvalue weighted by Crippen LogP contribution is -2.44. The van der Waals surface area contributed by atoms with Gasteiger partial charge >= 0.3 is 0 Å². The van der Waals surface area contributed by atoms with Crippen molar-refractivity contribution in [2.24, 2.45) is 0 Å². The maximum absolute atomic E-state index is 2.52. The molecule has 0 aliphatic heterocycles. The Morgan fingerprint density at radius 3 is 1.61 bits per heavy atom. The molecule has 0 saturated heterocycles. The van der Waals surface area contributed by atoms with Gasteiger partial charge in [0.15, 0.2) is 0 Å². The molecule has 0 fully saturated rings. The van der Waals surface area contributed by atoms with E-state index in [1.54, 1.807) is 0 Å². The zero-order valence-corrected chi connectivity index (χ0v) is 40.6. The highest BCUT2D eigenvalue weighted by Gasteiger charge is 2.58. The van der Waals surface area contributed by atoms with Crippen molar-refractivity contribution in [3.05, 3.63) is 336 Å². The Morgan fingerprint density at radius 2 is 0.838 bits per heavy atom. The van der Waals surface area contributed by atoms with Crippen molar-refractivity contribution in [1.29, 1.82) is 0 Å². The first kappa shape index (κ1) is 42.2. The molecule has 2 nitrogen and oxygen atoms in total. The Bertz CT molecular complexity index is 4310. The molecule has 2 aliphatic rings. The van der Waals surface area contributed by atoms with Gasteiger partial charge in [0.05, 0.1) is 27.6 Å². The number of aromatic nitrogens is 1. The molecule has 2 unspecified atom stereocenters. The van der Waals surface area contributed by atoms with E-state index < -0.39 is 10.8 Å². The summed E-state index contributed by atoms with van der Waals surface area (Å²) in [6.07, 6.45) is 0. The lowest BCUT2D eigenvalue weighted by molar-refractivity contribution is 0.627. The van der Waals surface area contributed by atoms with Crippen LogP contribution in [-0.2, 0) is 10.8 Å². The van der Waals surface area contributed by atoms with E-state index in [9.17, 15) is 0 Å². The molecule has 2 atom stereocenters. The van der Waals surface area contributed by atoms with Crippen LogP contribution in [0.15, 0.2) is 291 Å². The van der Waals surface area contributed by atoms with Crippen LogP contribution < -0.4 is 4.90 Å². The highest BCUT2D eigenvalue weighted by atomic mass is 15.1. The Kier molecular flexibility index (Phi) is 9.43. The minimum Gasteiger partial charge on any atom is -0.310 e. The second-order valence-corrected chi connectivity index (χ2v) is 19.9. The van der Waals surface area contributed by atoms with Crippen molar-refractivity contribution in [2.75, 3.05) is 4.90 Å². The van der Waals surface area contributed by atoms with Gasteiger partial charge in [-0.1, -0.05) is 243 Å². The third-order valence-electron chi connectivity index (χ3n) is 16.3. The van der Waals surface area contributed by atoms with Crippen molar-refractivity contribution in [2.45, 2.75) is 10.8 Å². The lowest BCUT2D eigenvalue weighted by atomic mass is 9.51. The number of para-hydroxylation sites is 2. The van der Waals surface area contributed by atoms with Crippen LogP contribution in [0.3, 0.4) is 0 Å². The average Bonchev–Trinajstić information content (AvgIpc) is 3.98. The summed E-state index contributed by atoms with van der Waals surface area (Å²) in [6, 6.07) is 109. The molecule has 15 rings (SSSR count). The van der Waals surface area contributed by atoms with Crippen molar-refractivity contribution in [1.82, 2.24) is 4.57 Å². The van der Waals surface area contributed by atoms with Crippen LogP contribution >= 0.6 is 0 Å². The molecule has 0 radical (unpaired) electrons. The van der Waals surface area contributed by atoms with Crippen molar-refractivity contribution in [3.63, 3.8) is 0 Å². The first-order chi connectivity index (χ1) is 36.7. The number of benzene rings is 12. The molecule has 12 aromatic carbocycles. The standard InChI is InChI=1S/C72H48N2/c1-4-21-49(22-5-1)51-39-42-55(43-40-51)73(57-45-46-60-59-30-13-18-37-67(59)74(69(60)48-57)56-44-41-50-23-10-11-24-52(50)47-56)68-38-19-17-35-65(68)71(53-25-6-2-7-26-53)63-33-15-16-34-64(63)72(54-27-8-3-9-28-54)62-32-14-12-29-58(62)61-31-20-36-66(71)70(61)72/h1-48H. The van der Waals surface area contributed by atoms with Gasteiger partial charge in [0.2, 0.25) is 0 Å². The minimum absolute atomic E-state index is 0.554. The molecular weight excluding hydrogens is 893 g/mol. The third-order valence-corrected chi connectivity index (χ3v) is 16.3. The molecule has 1 aromatic heterocycles. The van der Waals surface area contributed by atoms with Crippen LogP contribution in [0.25, 0.3) is 60.5 Å². The van der Waals surface area contributed by atoms with Crippen LogP contribution in [0.1, 0.15) is 44.5 Å². The molecular formula is C72H48N2. The quantitative estimate of drug-likeness (QED) is 0.147. The largest absolute Gasteiger partial charge is 0.310 e. The number of fused-ring (bicyclic) bond motifs is 9. The van der Waals surface area contributed by atoms with Gasteiger partial charge in [0.1, 0.15) is 0 Å². The van der Waals surface area contributed by atoms with Gasteiger partial charge in [-0.15, -0.1) is 0 Å². The van der Waals surface area contributed by atoms with Gasteiger partial charge in [-0.05, 0) is 126 Å². The maximum Gasteiger partial charge on any atom is 0.0728 e. The molecule has 0 amide bonds. The van der Waals surface area contributed by atoms with E-state index in [1.807, 2.05) is 0 Å². The van der Waals surface area contributed by atoms with Crippen LogP contribution in [0.4, 0.5) is 17.1 Å². The van der Waals surface area contributed by atoms with Gasteiger partial charge in [-0.3, -0.25) is 0 Å². The van der Waals surface area contributed by atoms with Gasteiger partial charge in [-0.2, -0.15) is 0 Å². The van der Waals surface area contributed by atoms with E-state index in [1.165, 1.54) is 93.8 Å². The summed E-state index contributed by atoms with van der Waals surface area (Å²) in [6.45, 7) is 0. The molecule has 0 bridgehead atoms. The smallest absolute Gasteiger partial charge is 0.0728 e. The Morgan fingerprint density at radius 1 is 0.297 bits per heavy atom. The first-order valence-corrected chi connectivity index (χ1v) is 25.8. The molecule has 13 aromatic rings. The third kappa shape index (κ3) is 5.94. The second kappa shape index (κ2) is 16.5. The van der Waals surface area contributed by atoms with Crippen LogP contribution in [0, 0.1) is 0 Å². The van der Waals surface area contributed by atoms with Crippen LogP contribution in [0.2, 0.25) is 0 Å². The minimum atomic E-state index is -0.771. The SMILES string of the molecule is c1ccc(-c2ccc(N(c3ccc4c5ccccc5n(-c5ccc6ccccc6c5)c4c3)c3ccccc3C3(c4ccccc4)c4ccccc4C4(c5ccccc5)c5ccccc5-c5cccc3c54)cc2)cc1. The molecule has 74 heavy (non-hydrogen) atoms. The summed E-state index contributed by atoms with van der Waals surface area (Å²) < 4.78 is 2.46. The summed E-state index contributed by atoms with van der Waals surface area (Å²) in [5, 5.41) is 4.88. The number of rotatable bonds is 8. The lowest BCUT2D eigenvalue weighted by Gasteiger charge is -2.50. The van der Waals surface area contributed by atoms with E-state index in [-0.39, 0.29) is 0 Å². The highest BCUT2D eigenvalue weighted by molar-refractivity contribution is 6.11. The molecule has 2 heteroatoms. The van der Waals surface area contributed by atoms with Gasteiger partial charge in [0, 0.05) is 27.8 Å². The van der Waals surface area contributed by atoms with E-state index >= 15 is 0 Å².